The number of nitrogens with zero attached hydrogens (tertiary/aromatic N) is 1. The summed E-state index contributed by atoms with van der Waals surface area (Å²) in [6.45, 7) is 2.29. The Hall–Kier alpha value is -1.55. The third kappa shape index (κ3) is 3.04. The fraction of sp³-hybridized carbons (Fsp3) is 0.650. The summed E-state index contributed by atoms with van der Waals surface area (Å²) in [6, 6.07) is 6.09. The monoisotopic (exact) mass is 329 g/mol. The molecule has 0 atom stereocenters. The van der Waals surface area contributed by atoms with Gasteiger partial charge in [-0.25, -0.2) is 4.79 Å². The lowest BCUT2D eigenvalue weighted by Crippen LogP contribution is -2.52. The molecule has 0 unspecified atom stereocenters. The highest BCUT2D eigenvalue weighted by atomic mass is 16.5. The maximum Gasteiger partial charge on any atom is 0.335 e. The number of aryl methyl sites for hydroxylation is 1. The number of carboxylic acid groups (broad SMARTS) is 1. The highest BCUT2D eigenvalue weighted by molar-refractivity contribution is 5.88. The Kier molecular flexibility index (Phi) is 4.25. The molecule has 130 valence electrons. The van der Waals surface area contributed by atoms with E-state index in [1.165, 1.54) is 32.1 Å². The molecule has 2 fully saturated rings. The van der Waals surface area contributed by atoms with Crippen molar-refractivity contribution in [1.82, 2.24) is 4.90 Å². The first-order valence-electron chi connectivity index (χ1n) is 9.45. The second-order valence-corrected chi connectivity index (χ2v) is 7.74. The molecule has 0 aromatic heterocycles. The summed E-state index contributed by atoms with van der Waals surface area (Å²) in [5.41, 5.74) is 1.39. The van der Waals surface area contributed by atoms with Crippen LogP contribution in [0.4, 0.5) is 0 Å². The molecule has 4 nitrogen and oxygen atoms in total. The molecule has 0 radical (unpaired) electrons. The van der Waals surface area contributed by atoms with E-state index in [1.54, 1.807) is 12.1 Å². The van der Waals surface area contributed by atoms with E-state index >= 15 is 0 Å². The first-order chi connectivity index (χ1) is 11.7. The van der Waals surface area contributed by atoms with Crippen molar-refractivity contribution < 1.29 is 14.6 Å². The molecule has 1 spiro atoms. The fourth-order valence-electron chi connectivity index (χ4n) is 4.75. The van der Waals surface area contributed by atoms with Gasteiger partial charge in [0, 0.05) is 19.1 Å². The van der Waals surface area contributed by atoms with E-state index in [0.717, 1.165) is 56.1 Å². The first-order valence-corrected chi connectivity index (χ1v) is 9.45. The minimum Gasteiger partial charge on any atom is -0.487 e. The zero-order valence-electron chi connectivity index (χ0n) is 14.3. The minimum absolute atomic E-state index is 0.0249. The number of carboxylic acids is 1. The number of fused-ring (bicyclic) bond motifs is 1. The lowest BCUT2D eigenvalue weighted by Gasteiger charge is -2.47. The van der Waals surface area contributed by atoms with Gasteiger partial charge in [0.2, 0.25) is 0 Å². The number of rotatable bonds is 2. The standard InChI is InChI=1S/C20H27NO3/c22-19(23)16-6-7-18-15(14-16)8-9-20(24-18)10-12-21(13-11-20)17-4-2-1-3-5-17/h6-7,14,17H,1-5,8-13H2,(H,22,23). The maximum absolute atomic E-state index is 11.1. The lowest BCUT2D eigenvalue weighted by atomic mass is 9.81. The molecular weight excluding hydrogens is 302 g/mol. The van der Waals surface area contributed by atoms with Gasteiger partial charge in [-0.2, -0.15) is 0 Å². The number of hydrogen-bond acceptors (Lipinski definition) is 3. The maximum atomic E-state index is 11.1. The fourth-order valence-corrected chi connectivity index (χ4v) is 4.75. The van der Waals surface area contributed by atoms with Gasteiger partial charge in [0.1, 0.15) is 11.4 Å². The summed E-state index contributed by atoms with van der Waals surface area (Å²) >= 11 is 0. The van der Waals surface area contributed by atoms with Gasteiger partial charge in [0.15, 0.2) is 0 Å². The van der Waals surface area contributed by atoms with Gasteiger partial charge in [-0.3, -0.25) is 0 Å². The number of aromatic carboxylic acids is 1. The first kappa shape index (κ1) is 15.9. The van der Waals surface area contributed by atoms with Crippen LogP contribution in [0, 0.1) is 0 Å². The summed E-state index contributed by atoms with van der Waals surface area (Å²) in [6.07, 6.45) is 11.1. The molecule has 1 saturated heterocycles. The van der Waals surface area contributed by atoms with Crippen LogP contribution in [0.15, 0.2) is 18.2 Å². The van der Waals surface area contributed by atoms with Crippen molar-refractivity contribution in [1.29, 1.82) is 0 Å². The molecule has 3 aliphatic rings. The van der Waals surface area contributed by atoms with E-state index in [1.807, 2.05) is 6.07 Å². The predicted molar refractivity (Wildman–Crippen MR) is 92.8 cm³/mol. The second kappa shape index (κ2) is 6.40. The van der Waals surface area contributed by atoms with Gasteiger partial charge in [-0.05, 0) is 62.3 Å². The number of carbonyl (C=O) groups is 1. The predicted octanol–water partition coefficient (Wildman–Crippen LogP) is 3.88. The van der Waals surface area contributed by atoms with Gasteiger partial charge < -0.3 is 14.7 Å². The number of ether oxygens (including phenoxy) is 1. The zero-order valence-corrected chi connectivity index (χ0v) is 14.3. The smallest absolute Gasteiger partial charge is 0.335 e. The summed E-state index contributed by atoms with van der Waals surface area (Å²) in [5, 5.41) is 9.14. The summed E-state index contributed by atoms with van der Waals surface area (Å²) < 4.78 is 6.41. The van der Waals surface area contributed by atoms with Crippen LogP contribution >= 0.6 is 0 Å². The van der Waals surface area contributed by atoms with Crippen molar-refractivity contribution in [3.05, 3.63) is 29.3 Å². The van der Waals surface area contributed by atoms with Gasteiger partial charge in [0.25, 0.3) is 0 Å². The quantitative estimate of drug-likeness (QED) is 0.894. The molecule has 1 aromatic carbocycles. The molecule has 1 aromatic rings. The van der Waals surface area contributed by atoms with Crippen molar-refractivity contribution in [2.75, 3.05) is 13.1 Å². The number of benzene rings is 1. The molecule has 1 N–H and O–H groups in total. The molecule has 4 heteroatoms. The summed E-state index contributed by atoms with van der Waals surface area (Å²) in [5.74, 6) is 0.0382. The van der Waals surface area contributed by atoms with Crippen LogP contribution < -0.4 is 4.74 Å². The molecule has 0 amide bonds. The Morgan fingerprint density at radius 3 is 2.58 bits per heavy atom. The molecule has 2 heterocycles. The van der Waals surface area contributed by atoms with Crippen LogP contribution in [0.5, 0.6) is 5.75 Å². The van der Waals surface area contributed by atoms with E-state index in [2.05, 4.69) is 4.90 Å². The molecule has 4 rings (SSSR count). The van der Waals surface area contributed by atoms with E-state index in [9.17, 15) is 4.79 Å². The van der Waals surface area contributed by atoms with Gasteiger partial charge in [-0.15, -0.1) is 0 Å². The SMILES string of the molecule is O=C(O)c1ccc2c(c1)CCC1(CCN(C3CCCCC3)CC1)O2. The Bertz CT molecular complexity index is 613. The third-order valence-corrected chi connectivity index (χ3v) is 6.28. The summed E-state index contributed by atoms with van der Waals surface area (Å²) in [4.78, 5) is 13.8. The third-order valence-electron chi connectivity index (χ3n) is 6.28. The van der Waals surface area contributed by atoms with Gasteiger partial charge >= 0.3 is 5.97 Å². The second-order valence-electron chi connectivity index (χ2n) is 7.74. The number of hydrogen-bond donors (Lipinski definition) is 1. The zero-order chi connectivity index (χ0) is 16.6. The van der Waals surface area contributed by atoms with Crippen LogP contribution in [-0.2, 0) is 6.42 Å². The molecule has 1 saturated carbocycles. The van der Waals surface area contributed by atoms with Crippen molar-refractivity contribution in [2.45, 2.75) is 69.4 Å². The Morgan fingerprint density at radius 1 is 1.12 bits per heavy atom. The van der Waals surface area contributed by atoms with E-state index in [0.29, 0.717) is 5.56 Å². The number of piperidine rings is 1. The van der Waals surface area contributed by atoms with Crippen molar-refractivity contribution >= 4 is 5.97 Å². The molecule has 0 bridgehead atoms. The van der Waals surface area contributed by atoms with Crippen molar-refractivity contribution in [3.8, 4) is 5.75 Å². The Labute approximate surface area is 143 Å². The number of likely N-dealkylation sites (tertiary alicyclic amines) is 1. The highest BCUT2D eigenvalue weighted by Crippen LogP contribution is 2.40. The molecular formula is C20H27NO3. The Balaban J connectivity index is 1.42. The Morgan fingerprint density at radius 2 is 1.88 bits per heavy atom. The average Bonchev–Trinajstić information content (AvgIpc) is 2.62. The molecule has 24 heavy (non-hydrogen) atoms. The van der Waals surface area contributed by atoms with Crippen LogP contribution in [-0.4, -0.2) is 40.7 Å². The van der Waals surface area contributed by atoms with Crippen molar-refractivity contribution in [2.24, 2.45) is 0 Å². The van der Waals surface area contributed by atoms with E-state index in [4.69, 9.17) is 9.84 Å². The minimum atomic E-state index is -0.862. The normalized spacial score (nSPS) is 24.3. The molecule has 1 aliphatic carbocycles. The van der Waals surface area contributed by atoms with Crippen LogP contribution in [0.3, 0.4) is 0 Å². The van der Waals surface area contributed by atoms with Gasteiger partial charge in [0.05, 0.1) is 5.56 Å². The molecule has 2 aliphatic heterocycles. The van der Waals surface area contributed by atoms with Crippen molar-refractivity contribution in [3.63, 3.8) is 0 Å². The van der Waals surface area contributed by atoms with Crippen LogP contribution in [0.25, 0.3) is 0 Å². The van der Waals surface area contributed by atoms with Gasteiger partial charge in [-0.1, -0.05) is 19.3 Å². The average molecular weight is 329 g/mol. The van der Waals surface area contributed by atoms with E-state index < -0.39 is 5.97 Å². The topological polar surface area (TPSA) is 49.8 Å². The van der Waals surface area contributed by atoms with E-state index in [-0.39, 0.29) is 5.60 Å². The largest absolute Gasteiger partial charge is 0.487 e. The van der Waals surface area contributed by atoms with Crippen LogP contribution in [0.1, 0.15) is 67.3 Å². The highest BCUT2D eigenvalue weighted by Gasteiger charge is 2.40. The van der Waals surface area contributed by atoms with Crippen LogP contribution in [0.2, 0.25) is 0 Å². The summed E-state index contributed by atoms with van der Waals surface area (Å²) in [7, 11) is 0. The lowest BCUT2D eigenvalue weighted by molar-refractivity contribution is -0.0284.